The number of carboxylic acids is 1. The summed E-state index contributed by atoms with van der Waals surface area (Å²) in [5, 5.41) is 18.6. The fourth-order valence-electron chi connectivity index (χ4n) is 1.09. The lowest BCUT2D eigenvalue weighted by molar-refractivity contribution is -0.385. The van der Waals surface area contributed by atoms with Gasteiger partial charge in [-0.2, -0.15) is 8.78 Å². The van der Waals surface area contributed by atoms with Crippen LogP contribution in [-0.4, -0.2) is 22.6 Å². The number of nitrogens with zero attached hydrogens (tertiary/aromatic N) is 1. The quantitative estimate of drug-likeness (QED) is 0.669. The van der Waals surface area contributed by atoms with Gasteiger partial charge in [-0.1, -0.05) is 11.6 Å². The molecule has 0 aliphatic heterocycles. The Morgan fingerprint density at radius 3 is 2.53 bits per heavy atom. The molecule has 6 nitrogen and oxygen atoms in total. The molecule has 0 saturated carbocycles. The highest BCUT2D eigenvalue weighted by molar-refractivity contribution is 6.33. The first kappa shape index (κ1) is 13.1. The van der Waals surface area contributed by atoms with Gasteiger partial charge in [-0.25, -0.2) is 4.79 Å². The first-order valence-corrected chi connectivity index (χ1v) is 4.36. The molecule has 0 radical (unpaired) electrons. The summed E-state index contributed by atoms with van der Waals surface area (Å²) in [5.41, 5.74) is -1.70. The summed E-state index contributed by atoms with van der Waals surface area (Å²) < 4.78 is 27.7. The number of halogens is 3. The van der Waals surface area contributed by atoms with Crippen LogP contribution in [0.2, 0.25) is 5.02 Å². The summed E-state index contributed by atoms with van der Waals surface area (Å²) in [4.78, 5) is 20.2. The van der Waals surface area contributed by atoms with Gasteiger partial charge >= 0.3 is 18.3 Å². The van der Waals surface area contributed by atoms with E-state index in [1.54, 1.807) is 0 Å². The minimum Gasteiger partial charge on any atom is -0.477 e. The number of ether oxygens (including phenoxy) is 1. The number of alkyl halides is 2. The largest absolute Gasteiger partial charge is 0.477 e. The summed E-state index contributed by atoms with van der Waals surface area (Å²) in [5.74, 6) is -2.23. The van der Waals surface area contributed by atoms with E-state index in [1.165, 1.54) is 0 Å². The number of aromatic carboxylic acids is 1. The SMILES string of the molecule is O=C(O)c1cc(OC(F)F)cc(Cl)c1[N+](=O)[O-]. The van der Waals surface area contributed by atoms with Crippen LogP contribution in [0.25, 0.3) is 0 Å². The van der Waals surface area contributed by atoms with Crippen molar-refractivity contribution in [3.63, 3.8) is 0 Å². The average Bonchev–Trinajstić information content (AvgIpc) is 2.14. The van der Waals surface area contributed by atoms with Gasteiger partial charge in [-0.05, 0) is 0 Å². The molecule has 0 amide bonds. The topological polar surface area (TPSA) is 89.7 Å². The minimum absolute atomic E-state index is 0.562. The Kier molecular flexibility index (Phi) is 3.79. The second kappa shape index (κ2) is 4.91. The van der Waals surface area contributed by atoms with Crippen LogP contribution in [-0.2, 0) is 0 Å². The van der Waals surface area contributed by atoms with Gasteiger partial charge in [0.05, 0.1) is 4.92 Å². The summed E-state index contributed by atoms with van der Waals surface area (Å²) in [7, 11) is 0. The van der Waals surface area contributed by atoms with Crippen LogP contribution in [0.1, 0.15) is 10.4 Å². The predicted octanol–water partition coefficient (Wildman–Crippen LogP) is 2.55. The van der Waals surface area contributed by atoms with Crippen molar-refractivity contribution in [3.05, 3.63) is 32.8 Å². The third-order valence-corrected chi connectivity index (χ3v) is 1.96. The van der Waals surface area contributed by atoms with Crippen LogP contribution >= 0.6 is 11.6 Å². The average molecular weight is 268 g/mol. The highest BCUT2D eigenvalue weighted by Crippen LogP contribution is 2.33. The standard InChI is InChI=1S/C8H4ClF2NO5/c9-5-2-3(17-8(10)11)1-4(7(13)14)6(5)12(15)16/h1-2,8H,(H,13,14). The smallest absolute Gasteiger partial charge is 0.387 e. The molecule has 17 heavy (non-hydrogen) atoms. The number of carbonyl (C=O) groups is 1. The van der Waals surface area contributed by atoms with Crippen LogP contribution in [0.3, 0.4) is 0 Å². The molecule has 0 spiro atoms. The Bertz CT molecular complexity index is 479. The first-order chi connectivity index (χ1) is 7.82. The molecule has 0 aliphatic rings. The molecule has 1 aromatic rings. The van der Waals surface area contributed by atoms with Crippen molar-refractivity contribution in [2.75, 3.05) is 0 Å². The number of benzene rings is 1. The van der Waals surface area contributed by atoms with Crippen molar-refractivity contribution >= 4 is 23.3 Å². The van der Waals surface area contributed by atoms with E-state index in [-0.39, 0.29) is 0 Å². The van der Waals surface area contributed by atoms with Crippen molar-refractivity contribution in [1.82, 2.24) is 0 Å². The zero-order valence-electron chi connectivity index (χ0n) is 7.89. The fourth-order valence-corrected chi connectivity index (χ4v) is 1.37. The molecule has 92 valence electrons. The summed E-state index contributed by atoms with van der Waals surface area (Å²) in [6.45, 7) is -3.19. The maximum Gasteiger partial charge on any atom is 0.387 e. The number of hydrogen-bond donors (Lipinski definition) is 1. The second-order valence-electron chi connectivity index (χ2n) is 2.74. The Balaban J connectivity index is 3.36. The van der Waals surface area contributed by atoms with Gasteiger partial charge in [0, 0.05) is 12.1 Å². The number of rotatable bonds is 4. The molecule has 0 atom stereocenters. The highest BCUT2D eigenvalue weighted by atomic mass is 35.5. The van der Waals surface area contributed by atoms with E-state index in [0.29, 0.717) is 6.07 Å². The second-order valence-corrected chi connectivity index (χ2v) is 3.15. The maximum absolute atomic E-state index is 11.9. The highest BCUT2D eigenvalue weighted by Gasteiger charge is 2.26. The lowest BCUT2D eigenvalue weighted by atomic mass is 10.1. The van der Waals surface area contributed by atoms with Crippen LogP contribution < -0.4 is 4.74 Å². The molecule has 0 saturated heterocycles. The van der Waals surface area contributed by atoms with E-state index in [2.05, 4.69) is 4.74 Å². The van der Waals surface area contributed by atoms with Gasteiger partial charge in [0.15, 0.2) is 0 Å². The van der Waals surface area contributed by atoms with E-state index in [1.807, 2.05) is 0 Å². The van der Waals surface area contributed by atoms with E-state index in [9.17, 15) is 23.7 Å². The normalized spacial score (nSPS) is 10.4. The van der Waals surface area contributed by atoms with Gasteiger partial charge in [0.25, 0.3) is 0 Å². The molecule has 0 bridgehead atoms. The number of nitro groups is 1. The molecule has 0 aromatic heterocycles. The Morgan fingerprint density at radius 2 is 2.12 bits per heavy atom. The van der Waals surface area contributed by atoms with Crippen molar-refractivity contribution in [2.45, 2.75) is 6.61 Å². The molecule has 0 fully saturated rings. The fraction of sp³-hybridized carbons (Fsp3) is 0.125. The zero-order valence-corrected chi connectivity index (χ0v) is 8.65. The van der Waals surface area contributed by atoms with Crippen LogP contribution in [0.5, 0.6) is 5.75 Å². The van der Waals surface area contributed by atoms with Crippen LogP contribution in [0.15, 0.2) is 12.1 Å². The van der Waals surface area contributed by atoms with Gasteiger partial charge in [-0.15, -0.1) is 0 Å². The van der Waals surface area contributed by atoms with Gasteiger partial charge in [0.1, 0.15) is 16.3 Å². The van der Waals surface area contributed by atoms with Crippen molar-refractivity contribution < 1.29 is 28.3 Å². The molecule has 0 unspecified atom stereocenters. The minimum atomic E-state index is -3.19. The van der Waals surface area contributed by atoms with E-state index in [0.717, 1.165) is 6.07 Å². The third-order valence-electron chi connectivity index (χ3n) is 1.68. The summed E-state index contributed by atoms with van der Waals surface area (Å²) in [6.07, 6.45) is 0. The van der Waals surface area contributed by atoms with Crippen molar-refractivity contribution in [3.8, 4) is 5.75 Å². The van der Waals surface area contributed by atoms with E-state index < -0.39 is 39.5 Å². The summed E-state index contributed by atoms with van der Waals surface area (Å²) in [6, 6.07) is 1.36. The number of carboxylic acid groups (broad SMARTS) is 1. The molecular formula is C8H4ClF2NO5. The summed E-state index contributed by atoms with van der Waals surface area (Å²) >= 11 is 5.43. The lowest BCUT2D eigenvalue weighted by Gasteiger charge is -2.06. The van der Waals surface area contributed by atoms with Crippen molar-refractivity contribution in [2.24, 2.45) is 0 Å². The van der Waals surface area contributed by atoms with E-state index >= 15 is 0 Å². The van der Waals surface area contributed by atoms with Crippen LogP contribution in [0, 0.1) is 10.1 Å². The molecule has 0 aliphatic carbocycles. The van der Waals surface area contributed by atoms with Gasteiger partial charge in [-0.3, -0.25) is 10.1 Å². The van der Waals surface area contributed by atoms with Gasteiger partial charge < -0.3 is 9.84 Å². The Hall–Kier alpha value is -1.96. The number of nitro benzene ring substituents is 1. The maximum atomic E-state index is 11.9. The molecular weight excluding hydrogens is 264 g/mol. The molecule has 0 heterocycles. The predicted molar refractivity (Wildman–Crippen MR) is 51.7 cm³/mol. The first-order valence-electron chi connectivity index (χ1n) is 3.99. The van der Waals surface area contributed by atoms with E-state index in [4.69, 9.17) is 16.7 Å². The monoisotopic (exact) mass is 267 g/mol. The zero-order chi connectivity index (χ0) is 13.2. The molecule has 1 N–H and O–H groups in total. The van der Waals surface area contributed by atoms with Gasteiger partial charge in [0.2, 0.25) is 0 Å². The Morgan fingerprint density at radius 1 is 1.53 bits per heavy atom. The third kappa shape index (κ3) is 3.00. The molecule has 1 aromatic carbocycles. The van der Waals surface area contributed by atoms with Crippen LogP contribution in [0.4, 0.5) is 14.5 Å². The number of hydrogen-bond acceptors (Lipinski definition) is 4. The molecule has 1 rings (SSSR count). The van der Waals surface area contributed by atoms with Crippen molar-refractivity contribution in [1.29, 1.82) is 0 Å². The Labute approximate surface area is 97.5 Å². The lowest BCUT2D eigenvalue weighted by Crippen LogP contribution is -2.07. The molecule has 9 heteroatoms.